The molecule has 0 saturated heterocycles. The zero-order valence-electron chi connectivity index (χ0n) is 20.5. The lowest BCUT2D eigenvalue weighted by atomic mass is 10.0. The normalized spacial score (nSPS) is 11.3. The number of anilines is 1. The van der Waals surface area contributed by atoms with Crippen LogP contribution in [-0.2, 0) is 6.42 Å². The van der Waals surface area contributed by atoms with Crippen molar-refractivity contribution < 1.29 is 4.79 Å². The van der Waals surface area contributed by atoms with Crippen LogP contribution in [0.15, 0.2) is 66.7 Å². The molecule has 0 spiro atoms. The standard InChI is InChI=1S/C29H33N3OS/c1-5-31(6-2)16-17-32(29-30-26-19-21(3)18-22(4)27(26)34-29)28(33)25-14-12-24(13-15-25)20-23-10-8-7-9-11-23/h7-15,18-19H,5-6,16-17,20H2,1-4H3. The molecular formula is C29H33N3OS. The number of likely N-dealkylation sites (N-methyl/N-ethyl adjacent to an activating group) is 1. The SMILES string of the molecule is CCN(CC)CCN(C(=O)c1ccc(Cc2ccccc2)cc1)c1nc2cc(C)cc(C)c2s1. The van der Waals surface area contributed by atoms with E-state index in [1.54, 1.807) is 11.3 Å². The van der Waals surface area contributed by atoms with Gasteiger partial charge < -0.3 is 4.90 Å². The Morgan fingerprint density at radius 2 is 1.56 bits per heavy atom. The highest BCUT2D eigenvalue weighted by molar-refractivity contribution is 7.22. The fourth-order valence-corrected chi connectivity index (χ4v) is 5.34. The zero-order valence-corrected chi connectivity index (χ0v) is 21.4. The van der Waals surface area contributed by atoms with Gasteiger partial charge in [0.15, 0.2) is 5.13 Å². The van der Waals surface area contributed by atoms with Gasteiger partial charge in [0.1, 0.15) is 0 Å². The minimum absolute atomic E-state index is 0.00634. The van der Waals surface area contributed by atoms with E-state index in [1.165, 1.54) is 22.3 Å². The molecule has 5 heteroatoms. The van der Waals surface area contributed by atoms with Crippen molar-refractivity contribution in [1.82, 2.24) is 9.88 Å². The van der Waals surface area contributed by atoms with Crippen LogP contribution in [0.3, 0.4) is 0 Å². The highest BCUT2D eigenvalue weighted by Crippen LogP contribution is 2.33. The van der Waals surface area contributed by atoms with Gasteiger partial charge in [-0.2, -0.15) is 0 Å². The number of fused-ring (bicyclic) bond motifs is 1. The summed E-state index contributed by atoms with van der Waals surface area (Å²) < 4.78 is 1.15. The summed E-state index contributed by atoms with van der Waals surface area (Å²) in [4.78, 5) is 22.8. The number of thiazole rings is 1. The molecule has 0 unspecified atom stereocenters. The number of carbonyl (C=O) groups is 1. The number of nitrogens with zero attached hydrogens (tertiary/aromatic N) is 3. The van der Waals surface area contributed by atoms with Crippen molar-refractivity contribution in [3.8, 4) is 0 Å². The summed E-state index contributed by atoms with van der Waals surface area (Å²) in [5.74, 6) is 0.00634. The van der Waals surface area contributed by atoms with Crippen LogP contribution in [-0.4, -0.2) is 42.0 Å². The van der Waals surface area contributed by atoms with Crippen LogP contribution in [0.2, 0.25) is 0 Å². The molecule has 0 bridgehead atoms. The monoisotopic (exact) mass is 471 g/mol. The third kappa shape index (κ3) is 5.54. The second-order valence-corrected chi connectivity index (χ2v) is 9.75. The molecule has 0 saturated carbocycles. The fourth-order valence-electron chi connectivity index (χ4n) is 4.30. The van der Waals surface area contributed by atoms with Gasteiger partial charge in [0.2, 0.25) is 0 Å². The Kier molecular flexibility index (Phi) is 7.76. The highest BCUT2D eigenvalue weighted by atomic mass is 32.1. The molecule has 4 nitrogen and oxygen atoms in total. The Bertz CT molecular complexity index is 1240. The van der Waals surface area contributed by atoms with Crippen LogP contribution >= 0.6 is 11.3 Å². The van der Waals surface area contributed by atoms with E-state index in [0.717, 1.165) is 41.4 Å². The fraction of sp³-hybridized carbons (Fsp3) is 0.310. The second-order valence-electron chi connectivity index (χ2n) is 8.77. The molecule has 4 aromatic rings. The molecule has 0 aliphatic rings. The zero-order chi connectivity index (χ0) is 24.1. The van der Waals surface area contributed by atoms with Gasteiger partial charge in [-0.25, -0.2) is 4.98 Å². The summed E-state index contributed by atoms with van der Waals surface area (Å²) in [5, 5.41) is 0.772. The molecule has 176 valence electrons. The molecule has 1 heterocycles. The summed E-state index contributed by atoms with van der Waals surface area (Å²) in [7, 11) is 0. The number of aryl methyl sites for hydroxylation is 2. The van der Waals surface area contributed by atoms with Crippen LogP contribution in [0.25, 0.3) is 10.2 Å². The lowest BCUT2D eigenvalue weighted by molar-refractivity contribution is 0.0984. The van der Waals surface area contributed by atoms with Crippen LogP contribution < -0.4 is 4.90 Å². The molecular weight excluding hydrogens is 438 g/mol. The first-order valence-corrected chi connectivity index (χ1v) is 12.8. The van der Waals surface area contributed by atoms with Crippen LogP contribution in [0.1, 0.15) is 46.5 Å². The summed E-state index contributed by atoms with van der Waals surface area (Å²) in [5.41, 5.74) is 6.53. The average molecular weight is 472 g/mol. The van der Waals surface area contributed by atoms with E-state index in [4.69, 9.17) is 4.98 Å². The van der Waals surface area contributed by atoms with Crippen LogP contribution in [0.5, 0.6) is 0 Å². The highest BCUT2D eigenvalue weighted by Gasteiger charge is 2.22. The van der Waals surface area contributed by atoms with E-state index >= 15 is 0 Å². The van der Waals surface area contributed by atoms with E-state index in [9.17, 15) is 4.79 Å². The van der Waals surface area contributed by atoms with Crippen LogP contribution in [0, 0.1) is 13.8 Å². The third-order valence-electron chi connectivity index (χ3n) is 6.27. The van der Waals surface area contributed by atoms with Gasteiger partial charge in [0.05, 0.1) is 10.2 Å². The molecule has 0 atom stereocenters. The van der Waals surface area contributed by atoms with E-state index in [1.807, 2.05) is 23.1 Å². The molecule has 0 N–H and O–H groups in total. The molecule has 0 aliphatic carbocycles. The largest absolute Gasteiger partial charge is 0.302 e. The predicted molar refractivity (Wildman–Crippen MR) is 144 cm³/mol. The summed E-state index contributed by atoms with van der Waals surface area (Å²) in [6.07, 6.45) is 0.859. The molecule has 3 aromatic carbocycles. The number of amides is 1. The smallest absolute Gasteiger partial charge is 0.260 e. The molecule has 0 fully saturated rings. The van der Waals surface area contributed by atoms with E-state index in [0.29, 0.717) is 12.1 Å². The Hall–Kier alpha value is -3.02. The number of carbonyl (C=O) groups excluding carboxylic acids is 1. The van der Waals surface area contributed by atoms with Gasteiger partial charge in [-0.3, -0.25) is 9.69 Å². The van der Waals surface area contributed by atoms with Gasteiger partial charge in [-0.15, -0.1) is 0 Å². The number of aromatic nitrogens is 1. The number of hydrogen-bond acceptors (Lipinski definition) is 4. The minimum atomic E-state index is 0.00634. The van der Waals surface area contributed by atoms with Crippen molar-refractivity contribution in [2.45, 2.75) is 34.1 Å². The number of rotatable bonds is 9. The Morgan fingerprint density at radius 3 is 2.24 bits per heavy atom. The topological polar surface area (TPSA) is 36.4 Å². The molecule has 1 amide bonds. The first-order chi connectivity index (χ1) is 16.5. The summed E-state index contributed by atoms with van der Waals surface area (Å²) in [6, 6.07) is 22.7. The first kappa shape index (κ1) is 24.1. The predicted octanol–water partition coefficient (Wildman–Crippen LogP) is 6.49. The number of hydrogen-bond donors (Lipinski definition) is 0. The molecule has 4 rings (SSSR count). The summed E-state index contributed by atoms with van der Waals surface area (Å²) in [6.45, 7) is 11.9. The average Bonchev–Trinajstić information content (AvgIpc) is 3.27. The summed E-state index contributed by atoms with van der Waals surface area (Å²) >= 11 is 1.61. The molecule has 0 aliphatic heterocycles. The van der Waals surface area contributed by atoms with Gasteiger partial charge in [-0.05, 0) is 73.8 Å². The number of benzene rings is 3. The lowest BCUT2D eigenvalue weighted by Crippen LogP contribution is -2.38. The quantitative estimate of drug-likeness (QED) is 0.280. The maximum absolute atomic E-state index is 13.7. The van der Waals surface area contributed by atoms with Crippen molar-refractivity contribution >= 4 is 32.6 Å². The van der Waals surface area contributed by atoms with E-state index < -0.39 is 0 Å². The van der Waals surface area contributed by atoms with E-state index in [-0.39, 0.29) is 5.91 Å². The first-order valence-electron chi connectivity index (χ1n) is 12.0. The maximum Gasteiger partial charge on any atom is 0.260 e. The van der Waals surface area contributed by atoms with Gasteiger partial charge >= 0.3 is 0 Å². The van der Waals surface area contributed by atoms with Gasteiger partial charge in [-0.1, -0.05) is 73.7 Å². The Labute approximate surface area is 206 Å². The molecule has 34 heavy (non-hydrogen) atoms. The molecule has 1 aromatic heterocycles. The van der Waals surface area contributed by atoms with E-state index in [2.05, 4.69) is 81.1 Å². The molecule has 0 radical (unpaired) electrons. The second kappa shape index (κ2) is 10.9. The van der Waals surface area contributed by atoms with Crippen molar-refractivity contribution in [3.63, 3.8) is 0 Å². The van der Waals surface area contributed by atoms with Gasteiger partial charge in [0.25, 0.3) is 5.91 Å². The van der Waals surface area contributed by atoms with Crippen molar-refractivity contribution in [3.05, 3.63) is 94.5 Å². The Morgan fingerprint density at radius 1 is 0.882 bits per heavy atom. The lowest BCUT2D eigenvalue weighted by Gasteiger charge is -2.24. The minimum Gasteiger partial charge on any atom is -0.302 e. The van der Waals surface area contributed by atoms with Crippen LogP contribution in [0.4, 0.5) is 5.13 Å². The van der Waals surface area contributed by atoms with Crippen molar-refractivity contribution in [2.24, 2.45) is 0 Å². The van der Waals surface area contributed by atoms with Gasteiger partial charge in [0, 0.05) is 18.7 Å². The van der Waals surface area contributed by atoms with Crippen molar-refractivity contribution in [1.29, 1.82) is 0 Å². The Balaban J connectivity index is 1.61. The maximum atomic E-state index is 13.7. The third-order valence-corrected chi connectivity index (χ3v) is 7.50. The van der Waals surface area contributed by atoms with Crippen molar-refractivity contribution in [2.75, 3.05) is 31.1 Å².